The van der Waals surface area contributed by atoms with Crippen LogP contribution in [-0.2, 0) is 0 Å². The lowest BCUT2D eigenvalue weighted by atomic mass is 10.2. The van der Waals surface area contributed by atoms with E-state index < -0.39 is 8.07 Å². The molecule has 0 bridgehead atoms. The normalized spacial score (nSPS) is 12.9. The summed E-state index contributed by atoms with van der Waals surface area (Å²) in [5, 5.41) is 0. The lowest BCUT2D eigenvalue weighted by molar-refractivity contribution is 0.272. The SMILES string of the molecule is CC[Si](CC)(CC)C(Oc1ccccc1)c1ccccc1. The molecule has 0 amide bonds. The monoisotopic (exact) mass is 298 g/mol. The van der Waals surface area contributed by atoms with Gasteiger partial charge in [-0.1, -0.05) is 87.4 Å². The lowest BCUT2D eigenvalue weighted by Gasteiger charge is -2.37. The highest BCUT2D eigenvalue weighted by molar-refractivity contribution is 6.80. The Morgan fingerprint density at radius 2 is 1.24 bits per heavy atom. The van der Waals surface area contributed by atoms with E-state index in [2.05, 4.69) is 63.2 Å². The van der Waals surface area contributed by atoms with Gasteiger partial charge in [-0.15, -0.1) is 0 Å². The van der Waals surface area contributed by atoms with Gasteiger partial charge in [0.2, 0.25) is 0 Å². The molecule has 0 aliphatic carbocycles. The van der Waals surface area contributed by atoms with Gasteiger partial charge in [0.15, 0.2) is 0 Å². The molecule has 0 heterocycles. The van der Waals surface area contributed by atoms with Gasteiger partial charge in [0, 0.05) is 0 Å². The van der Waals surface area contributed by atoms with Crippen molar-refractivity contribution >= 4 is 8.07 Å². The van der Waals surface area contributed by atoms with Gasteiger partial charge >= 0.3 is 0 Å². The average molecular weight is 299 g/mol. The highest BCUT2D eigenvalue weighted by Gasteiger charge is 2.39. The van der Waals surface area contributed by atoms with Crippen molar-refractivity contribution in [2.45, 2.75) is 44.6 Å². The molecule has 1 atom stereocenters. The van der Waals surface area contributed by atoms with Crippen molar-refractivity contribution in [3.05, 3.63) is 66.2 Å². The molecule has 1 unspecified atom stereocenters. The number of benzene rings is 2. The summed E-state index contributed by atoms with van der Waals surface area (Å²) in [6, 6.07) is 24.8. The summed E-state index contributed by atoms with van der Waals surface area (Å²) in [6.45, 7) is 7.01. The maximum atomic E-state index is 6.50. The summed E-state index contributed by atoms with van der Waals surface area (Å²) < 4.78 is 6.50. The van der Waals surface area contributed by atoms with E-state index in [1.807, 2.05) is 18.2 Å². The first kappa shape index (κ1) is 15.8. The topological polar surface area (TPSA) is 9.23 Å². The van der Waals surface area contributed by atoms with Crippen molar-refractivity contribution in [2.24, 2.45) is 0 Å². The summed E-state index contributed by atoms with van der Waals surface area (Å²) >= 11 is 0. The van der Waals surface area contributed by atoms with Gasteiger partial charge in [-0.3, -0.25) is 0 Å². The zero-order chi connectivity index (χ0) is 15.1. The maximum Gasteiger partial charge on any atom is 0.119 e. The molecule has 21 heavy (non-hydrogen) atoms. The second kappa shape index (κ2) is 7.46. The van der Waals surface area contributed by atoms with Gasteiger partial charge in [0.25, 0.3) is 0 Å². The minimum Gasteiger partial charge on any atom is -0.490 e. The first-order valence-electron chi connectivity index (χ1n) is 8.02. The number of hydrogen-bond donors (Lipinski definition) is 0. The zero-order valence-corrected chi connectivity index (χ0v) is 14.4. The van der Waals surface area contributed by atoms with Crippen LogP contribution in [0.3, 0.4) is 0 Å². The van der Waals surface area contributed by atoms with Crippen molar-refractivity contribution in [3.63, 3.8) is 0 Å². The van der Waals surface area contributed by atoms with Gasteiger partial charge in [-0.05, 0) is 17.7 Å². The van der Waals surface area contributed by atoms with Crippen LogP contribution in [0.5, 0.6) is 5.75 Å². The Morgan fingerprint density at radius 3 is 1.71 bits per heavy atom. The Balaban J connectivity index is 2.39. The van der Waals surface area contributed by atoms with Crippen LogP contribution in [0.2, 0.25) is 18.1 Å². The van der Waals surface area contributed by atoms with Crippen LogP contribution in [0.1, 0.15) is 32.1 Å². The Kier molecular flexibility index (Phi) is 5.63. The molecule has 0 spiro atoms. The van der Waals surface area contributed by atoms with Gasteiger partial charge in [0.05, 0.1) is 0 Å². The minimum absolute atomic E-state index is 0.237. The van der Waals surface area contributed by atoms with E-state index in [1.54, 1.807) is 0 Å². The quantitative estimate of drug-likeness (QED) is 0.582. The molecule has 0 aromatic heterocycles. The van der Waals surface area contributed by atoms with Gasteiger partial charge in [-0.25, -0.2) is 0 Å². The molecule has 0 fully saturated rings. The first-order chi connectivity index (χ1) is 10.3. The number of ether oxygens (including phenoxy) is 1. The molecule has 2 rings (SSSR count). The van der Waals surface area contributed by atoms with E-state index in [4.69, 9.17) is 4.74 Å². The highest BCUT2D eigenvalue weighted by Crippen LogP contribution is 2.37. The number of para-hydroxylation sites is 1. The van der Waals surface area contributed by atoms with Crippen molar-refractivity contribution in [3.8, 4) is 5.75 Å². The second-order valence-corrected chi connectivity index (χ2v) is 11.0. The third-order valence-electron chi connectivity index (χ3n) is 4.77. The summed E-state index contributed by atoms with van der Waals surface area (Å²) in [4.78, 5) is 0. The lowest BCUT2D eigenvalue weighted by Crippen LogP contribution is -2.42. The Morgan fingerprint density at radius 1 is 0.762 bits per heavy atom. The predicted octanol–water partition coefficient (Wildman–Crippen LogP) is 5.85. The Hall–Kier alpha value is -1.54. The molecule has 0 radical (unpaired) electrons. The van der Waals surface area contributed by atoms with E-state index in [1.165, 1.54) is 23.7 Å². The molecule has 2 heteroatoms. The molecule has 2 aromatic rings. The van der Waals surface area contributed by atoms with Crippen LogP contribution < -0.4 is 4.74 Å². The Labute approximate surface area is 130 Å². The molecular weight excluding hydrogens is 272 g/mol. The summed E-state index contributed by atoms with van der Waals surface area (Å²) in [7, 11) is -1.49. The number of hydrogen-bond acceptors (Lipinski definition) is 1. The van der Waals surface area contributed by atoms with Crippen LogP contribution in [0, 0.1) is 0 Å². The van der Waals surface area contributed by atoms with Crippen LogP contribution in [-0.4, -0.2) is 8.07 Å². The highest BCUT2D eigenvalue weighted by atomic mass is 28.3. The van der Waals surface area contributed by atoms with Crippen molar-refractivity contribution in [2.75, 3.05) is 0 Å². The largest absolute Gasteiger partial charge is 0.490 e. The van der Waals surface area contributed by atoms with Crippen LogP contribution in [0.25, 0.3) is 0 Å². The summed E-state index contributed by atoms with van der Waals surface area (Å²) in [5.41, 5.74) is 1.57. The first-order valence-corrected chi connectivity index (χ1v) is 10.7. The molecule has 0 saturated carbocycles. The maximum absolute atomic E-state index is 6.50. The van der Waals surface area contributed by atoms with Crippen molar-refractivity contribution < 1.29 is 4.74 Å². The fourth-order valence-electron chi connectivity index (χ4n) is 3.12. The summed E-state index contributed by atoms with van der Waals surface area (Å²) in [6.07, 6.45) is 0. The third kappa shape index (κ3) is 3.56. The van der Waals surface area contributed by atoms with Crippen molar-refractivity contribution in [1.82, 2.24) is 0 Å². The molecule has 0 saturated heterocycles. The van der Waals surface area contributed by atoms with E-state index >= 15 is 0 Å². The minimum atomic E-state index is -1.49. The molecule has 0 N–H and O–H groups in total. The van der Waals surface area contributed by atoms with Gasteiger partial charge < -0.3 is 4.74 Å². The fraction of sp³-hybridized carbons (Fsp3) is 0.368. The fourth-order valence-corrected chi connectivity index (χ4v) is 7.01. The molecule has 2 aromatic carbocycles. The molecule has 112 valence electrons. The van der Waals surface area contributed by atoms with E-state index in [0.717, 1.165) is 5.75 Å². The average Bonchev–Trinajstić information content (AvgIpc) is 2.57. The van der Waals surface area contributed by atoms with Crippen molar-refractivity contribution in [1.29, 1.82) is 0 Å². The number of rotatable bonds is 7. The second-order valence-electron chi connectivity index (χ2n) is 5.64. The van der Waals surface area contributed by atoms with Gasteiger partial charge in [-0.2, -0.15) is 0 Å². The Bertz CT molecular complexity index is 512. The zero-order valence-electron chi connectivity index (χ0n) is 13.4. The van der Waals surface area contributed by atoms with E-state index in [-0.39, 0.29) is 5.73 Å². The van der Waals surface area contributed by atoms with Crippen LogP contribution >= 0.6 is 0 Å². The molecule has 0 aliphatic heterocycles. The van der Waals surface area contributed by atoms with Crippen LogP contribution in [0.15, 0.2) is 60.7 Å². The molecule has 1 nitrogen and oxygen atoms in total. The van der Waals surface area contributed by atoms with E-state index in [0.29, 0.717) is 0 Å². The standard InChI is InChI=1S/C19H26OSi/c1-4-21(5-2,6-3)19(17-13-9-7-10-14-17)20-18-15-11-8-12-16-18/h7-16,19H,4-6H2,1-3H3. The third-order valence-corrected chi connectivity index (χ3v) is 10.6. The smallest absolute Gasteiger partial charge is 0.119 e. The molecular formula is C19H26OSi. The summed E-state index contributed by atoms with van der Waals surface area (Å²) in [5.74, 6) is 0.985. The predicted molar refractivity (Wildman–Crippen MR) is 93.5 cm³/mol. The van der Waals surface area contributed by atoms with Crippen LogP contribution in [0.4, 0.5) is 0 Å². The van der Waals surface area contributed by atoms with E-state index in [9.17, 15) is 0 Å². The van der Waals surface area contributed by atoms with Gasteiger partial charge in [0.1, 0.15) is 19.6 Å². The molecule has 0 aliphatic rings.